The first-order chi connectivity index (χ1) is 9.84. The molecule has 0 saturated carbocycles. The summed E-state index contributed by atoms with van der Waals surface area (Å²) in [6, 6.07) is 10.2. The molecule has 1 N–H and O–H groups in total. The Morgan fingerprint density at radius 1 is 1.20 bits per heavy atom. The molecule has 0 atom stereocenters. The predicted molar refractivity (Wildman–Crippen MR) is 80.5 cm³/mol. The van der Waals surface area contributed by atoms with Crippen LogP contribution in [-0.2, 0) is 16.0 Å². The van der Waals surface area contributed by atoms with Crippen LogP contribution in [0.1, 0.15) is 37.7 Å². The number of rotatable bonds is 7. The zero-order valence-electron chi connectivity index (χ0n) is 12.1. The fourth-order valence-electron chi connectivity index (χ4n) is 2.64. The number of amides is 1. The monoisotopic (exact) mass is 275 g/mol. The van der Waals surface area contributed by atoms with E-state index in [1.807, 2.05) is 18.2 Å². The smallest absolute Gasteiger partial charge is 0.220 e. The minimum Gasteiger partial charge on any atom is -0.381 e. The van der Waals surface area contributed by atoms with Gasteiger partial charge in [-0.05, 0) is 43.6 Å². The van der Waals surface area contributed by atoms with Crippen molar-refractivity contribution in [3.05, 3.63) is 35.9 Å². The highest BCUT2D eigenvalue weighted by molar-refractivity contribution is 5.76. The number of ether oxygens (including phenoxy) is 1. The van der Waals surface area contributed by atoms with Gasteiger partial charge in [0.1, 0.15) is 0 Å². The first-order valence-electron chi connectivity index (χ1n) is 7.73. The van der Waals surface area contributed by atoms with Gasteiger partial charge < -0.3 is 10.1 Å². The van der Waals surface area contributed by atoms with Gasteiger partial charge in [-0.2, -0.15) is 0 Å². The van der Waals surface area contributed by atoms with Crippen molar-refractivity contribution in [2.45, 2.75) is 38.5 Å². The van der Waals surface area contributed by atoms with E-state index in [0.717, 1.165) is 38.5 Å². The van der Waals surface area contributed by atoms with Crippen LogP contribution in [0.15, 0.2) is 30.3 Å². The lowest BCUT2D eigenvalue weighted by Gasteiger charge is -2.21. The molecule has 2 rings (SSSR count). The Balaban J connectivity index is 1.51. The molecule has 1 saturated heterocycles. The average Bonchev–Trinajstić information content (AvgIpc) is 2.52. The van der Waals surface area contributed by atoms with Crippen molar-refractivity contribution in [3.63, 3.8) is 0 Å². The van der Waals surface area contributed by atoms with Crippen LogP contribution in [0.2, 0.25) is 0 Å². The highest BCUT2D eigenvalue weighted by Gasteiger charge is 2.13. The number of nitrogens with one attached hydrogen (secondary N) is 1. The lowest BCUT2D eigenvalue weighted by molar-refractivity contribution is -0.121. The normalized spacial score (nSPS) is 16.0. The lowest BCUT2D eigenvalue weighted by Crippen LogP contribution is -2.25. The third-order valence-electron chi connectivity index (χ3n) is 3.94. The fraction of sp³-hybridized carbons (Fsp3) is 0.588. The number of benzene rings is 1. The zero-order valence-corrected chi connectivity index (χ0v) is 12.1. The lowest BCUT2D eigenvalue weighted by atomic mass is 9.95. The highest BCUT2D eigenvalue weighted by Crippen LogP contribution is 2.19. The van der Waals surface area contributed by atoms with Gasteiger partial charge in [-0.25, -0.2) is 0 Å². The molecule has 20 heavy (non-hydrogen) atoms. The summed E-state index contributed by atoms with van der Waals surface area (Å²) in [7, 11) is 0. The average molecular weight is 275 g/mol. The molecule has 3 heteroatoms. The zero-order chi connectivity index (χ0) is 14.0. The van der Waals surface area contributed by atoms with E-state index in [2.05, 4.69) is 17.4 Å². The molecule has 0 spiro atoms. The summed E-state index contributed by atoms with van der Waals surface area (Å²) in [5.74, 6) is 0.964. The molecule has 110 valence electrons. The number of carbonyl (C=O) groups is 1. The molecule has 0 radical (unpaired) electrons. The molecular weight excluding hydrogens is 250 g/mol. The number of hydrogen-bond acceptors (Lipinski definition) is 2. The molecular formula is C17H25NO2. The molecule has 1 amide bonds. The highest BCUT2D eigenvalue weighted by atomic mass is 16.5. The van der Waals surface area contributed by atoms with Crippen LogP contribution in [0, 0.1) is 5.92 Å². The second kappa shape index (κ2) is 8.75. The molecule has 0 unspecified atom stereocenters. The molecule has 1 aliphatic rings. The van der Waals surface area contributed by atoms with Gasteiger partial charge in [0.25, 0.3) is 0 Å². The van der Waals surface area contributed by atoms with Gasteiger partial charge in [0.15, 0.2) is 0 Å². The third kappa shape index (κ3) is 5.74. The first-order valence-corrected chi connectivity index (χ1v) is 7.73. The van der Waals surface area contributed by atoms with Crippen molar-refractivity contribution in [2.24, 2.45) is 5.92 Å². The van der Waals surface area contributed by atoms with Gasteiger partial charge in [-0.15, -0.1) is 0 Å². The van der Waals surface area contributed by atoms with Crippen LogP contribution in [0.4, 0.5) is 0 Å². The van der Waals surface area contributed by atoms with Gasteiger partial charge in [0, 0.05) is 26.2 Å². The van der Waals surface area contributed by atoms with Gasteiger partial charge >= 0.3 is 0 Å². The van der Waals surface area contributed by atoms with E-state index in [-0.39, 0.29) is 5.91 Å². The van der Waals surface area contributed by atoms with E-state index < -0.39 is 0 Å². The molecule has 0 aliphatic carbocycles. The summed E-state index contributed by atoms with van der Waals surface area (Å²) < 4.78 is 5.35. The van der Waals surface area contributed by atoms with E-state index in [1.54, 1.807) is 0 Å². The Morgan fingerprint density at radius 2 is 1.95 bits per heavy atom. The van der Waals surface area contributed by atoms with Crippen LogP contribution < -0.4 is 5.32 Å². The molecule has 0 aromatic heterocycles. The van der Waals surface area contributed by atoms with Crippen LogP contribution in [-0.4, -0.2) is 25.7 Å². The number of aryl methyl sites for hydroxylation is 1. The van der Waals surface area contributed by atoms with Crippen molar-refractivity contribution in [2.75, 3.05) is 19.8 Å². The van der Waals surface area contributed by atoms with Crippen molar-refractivity contribution in [1.82, 2.24) is 5.32 Å². The van der Waals surface area contributed by atoms with Crippen LogP contribution in [0.25, 0.3) is 0 Å². The molecule has 1 aliphatic heterocycles. The van der Waals surface area contributed by atoms with Gasteiger partial charge in [0.2, 0.25) is 5.91 Å². The largest absolute Gasteiger partial charge is 0.381 e. The van der Waals surface area contributed by atoms with E-state index in [4.69, 9.17) is 4.74 Å². The van der Waals surface area contributed by atoms with Crippen LogP contribution in [0.3, 0.4) is 0 Å². The summed E-state index contributed by atoms with van der Waals surface area (Å²) >= 11 is 0. The van der Waals surface area contributed by atoms with E-state index in [1.165, 1.54) is 24.8 Å². The molecule has 0 bridgehead atoms. The summed E-state index contributed by atoms with van der Waals surface area (Å²) in [6.45, 7) is 2.63. The molecule has 1 fully saturated rings. The SMILES string of the molecule is O=C(CCc1ccccc1)NCCCC1CCOCC1. The summed E-state index contributed by atoms with van der Waals surface area (Å²) in [4.78, 5) is 11.7. The second-order valence-electron chi connectivity index (χ2n) is 5.53. The Bertz CT molecular complexity index is 385. The first kappa shape index (κ1) is 15.0. The maximum absolute atomic E-state index is 11.7. The van der Waals surface area contributed by atoms with Crippen molar-refractivity contribution in [1.29, 1.82) is 0 Å². The van der Waals surface area contributed by atoms with E-state index in [0.29, 0.717) is 6.42 Å². The Kier molecular flexibility index (Phi) is 6.58. The minimum atomic E-state index is 0.167. The second-order valence-corrected chi connectivity index (χ2v) is 5.53. The Morgan fingerprint density at radius 3 is 2.70 bits per heavy atom. The molecule has 1 aromatic carbocycles. The van der Waals surface area contributed by atoms with Crippen LogP contribution >= 0.6 is 0 Å². The maximum atomic E-state index is 11.7. The van der Waals surface area contributed by atoms with E-state index in [9.17, 15) is 4.79 Å². The molecule has 1 heterocycles. The van der Waals surface area contributed by atoms with E-state index >= 15 is 0 Å². The number of hydrogen-bond donors (Lipinski definition) is 1. The standard InChI is InChI=1S/C17H25NO2/c19-17(9-8-15-5-2-1-3-6-15)18-12-4-7-16-10-13-20-14-11-16/h1-3,5-6,16H,4,7-14H2,(H,18,19). The van der Waals surface area contributed by atoms with Gasteiger partial charge in [0.05, 0.1) is 0 Å². The molecule has 1 aromatic rings. The summed E-state index contributed by atoms with van der Waals surface area (Å²) in [5.41, 5.74) is 1.23. The van der Waals surface area contributed by atoms with Crippen LogP contribution in [0.5, 0.6) is 0 Å². The summed E-state index contributed by atoms with van der Waals surface area (Å²) in [5, 5.41) is 3.02. The minimum absolute atomic E-state index is 0.167. The number of carbonyl (C=O) groups excluding carboxylic acids is 1. The van der Waals surface area contributed by atoms with Gasteiger partial charge in [-0.1, -0.05) is 30.3 Å². The van der Waals surface area contributed by atoms with Crippen molar-refractivity contribution >= 4 is 5.91 Å². The Hall–Kier alpha value is -1.35. The maximum Gasteiger partial charge on any atom is 0.220 e. The van der Waals surface area contributed by atoms with Crippen molar-refractivity contribution < 1.29 is 9.53 Å². The topological polar surface area (TPSA) is 38.3 Å². The van der Waals surface area contributed by atoms with Crippen molar-refractivity contribution in [3.8, 4) is 0 Å². The predicted octanol–water partition coefficient (Wildman–Crippen LogP) is 2.94. The Labute approximate surface area is 121 Å². The quantitative estimate of drug-likeness (QED) is 0.777. The fourth-order valence-corrected chi connectivity index (χ4v) is 2.64. The molecule has 3 nitrogen and oxygen atoms in total. The van der Waals surface area contributed by atoms with Gasteiger partial charge in [-0.3, -0.25) is 4.79 Å². The third-order valence-corrected chi connectivity index (χ3v) is 3.94. The summed E-state index contributed by atoms with van der Waals surface area (Å²) in [6.07, 6.45) is 6.07.